The number of hydrogen-bond acceptors (Lipinski definition) is 5. The van der Waals surface area contributed by atoms with Crippen molar-refractivity contribution in [3.05, 3.63) is 59.8 Å². The summed E-state index contributed by atoms with van der Waals surface area (Å²) in [5, 5.41) is 10.7. The molecule has 1 aliphatic rings. The van der Waals surface area contributed by atoms with Crippen LogP contribution in [0.3, 0.4) is 0 Å². The average molecular weight is 344 g/mol. The van der Waals surface area contributed by atoms with Gasteiger partial charge >= 0.3 is 0 Å². The van der Waals surface area contributed by atoms with Crippen LogP contribution in [0.5, 0.6) is 0 Å². The lowest BCUT2D eigenvalue weighted by molar-refractivity contribution is 0.0534. The molecule has 0 saturated carbocycles. The minimum Gasteiger partial charge on any atom is -0.389 e. The van der Waals surface area contributed by atoms with Crippen molar-refractivity contribution < 1.29 is 14.6 Å². The quantitative estimate of drug-likeness (QED) is 0.862. The molecule has 2 heterocycles. The van der Waals surface area contributed by atoms with Crippen LogP contribution in [-0.4, -0.2) is 53.3 Å². The zero-order valence-electron chi connectivity index (χ0n) is 13.3. The van der Waals surface area contributed by atoms with Crippen molar-refractivity contribution in [2.75, 3.05) is 26.3 Å². The second kappa shape index (κ2) is 8.28. The van der Waals surface area contributed by atoms with Gasteiger partial charge in [-0.15, -0.1) is 11.8 Å². The largest absolute Gasteiger partial charge is 0.389 e. The molecule has 126 valence electrons. The Hall–Kier alpha value is -1.89. The van der Waals surface area contributed by atoms with Gasteiger partial charge in [-0.1, -0.05) is 18.2 Å². The number of pyridine rings is 1. The molecule has 0 aliphatic carbocycles. The van der Waals surface area contributed by atoms with Gasteiger partial charge in [0.25, 0.3) is 5.91 Å². The molecule has 1 aromatic heterocycles. The van der Waals surface area contributed by atoms with Gasteiger partial charge in [0, 0.05) is 30.6 Å². The van der Waals surface area contributed by atoms with Gasteiger partial charge in [0.05, 0.1) is 24.3 Å². The monoisotopic (exact) mass is 344 g/mol. The molecule has 0 bridgehead atoms. The Bertz CT molecular complexity index is 664. The first-order valence-corrected chi connectivity index (χ1v) is 8.89. The number of nitrogens with zero attached hydrogens (tertiary/aromatic N) is 2. The van der Waals surface area contributed by atoms with Crippen molar-refractivity contribution in [3.63, 3.8) is 0 Å². The molecule has 5 nitrogen and oxygen atoms in total. The lowest BCUT2D eigenvalue weighted by Crippen LogP contribution is -2.37. The van der Waals surface area contributed by atoms with E-state index in [-0.39, 0.29) is 12.5 Å². The van der Waals surface area contributed by atoms with Gasteiger partial charge in [0.1, 0.15) is 0 Å². The van der Waals surface area contributed by atoms with E-state index in [0.717, 1.165) is 16.3 Å². The van der Waals surface area contributed by atoms with Crippen LogP contribution in [0, 0.1) is 0 Å². The van der Waals surface area contributed by atoms with Crippen molar-refractivity contribution in [1.29, 1.82) is 0 Å². The number of amides is 1. The first-order chi connectivity index (χ1) is 11.7. The fourth-order valence-corrected chi connectivity index (χ4v) is 3.31. The Morgan fingerprint density at radius 2 is 2.12 bits per heavy atom. The van der Waals surface area contributed by atoms with Crippen molar-refractivity contribution in [2.24, 2.45) is 0 Å². The van der Waals surface area contributed by atoms with Crippen LogP contribution in [-0.2, 0) is 10.5 Å². The predicted octanol–water partition coefficient (Wildman–Crippen LogP) is 2.21. The lowest BCUT2D eigenvalue weighted by Gasteiger charge is -2.21. The number of carbonyl (C=O) groups excluding carboxylic acids is 1. The predicted molar refractivity (Wildman–Crippen MR) is 93.0 cm³/mol. The van der Waals surface area contributed by atoms with Crippen LogP contribution in [0.25, 0.3) is 0 Å². The van der Waals surface area contributed by atoms with Gasteiger partial charge in [-0.25, -0.2) is 4.98 Å². The SMILES string of the molecule is O=C(c1ccc(CSc2ccccn2)cc1)N1CCOC[C@H](O)C1. The summed E-state index contributed by atoms with van der Waals surface area (Å²) in [6, 6.07) is 13.5. The zero-order valence-corrected chi connectivity index (χ0v) is 14.1. The molecule has 1 atom stereocenters. The first-order valence-electron chi connectivity index (χ1n) is 7.90. The third-order valence-electron chi connectivity index (χ3n) is 3.76. The summed E-state index contributed by atoms with van der Waals surface area (Å²) in [6.07, 6.45) is 1.16. The normalized spacial score (nSPS) is 18.2. The van der Waals surface area contributed by atoms with Gasteiger partial charge in [0.15, 0.2) is 0 Å². The molecule has 3 rings (SSSR count). The molecule has 1 aromatic carbocycles. The van der Waals surface area contributed by atoms with E-state index >= 15 is 0 Å². The summed E-state index contributed by atoms with van der Waals surface area (Å²) in [5.41, 5.74) is 1.78. The molecule has 1 amide bonds. The third kappa shape index (κ3) is 4.56. The van der Waals surface area contributed by atoms with Crippen molar-refractivity contribution >= 4 is 17.7 Å². The molecule has 1 aliphatic heterocycles. The lowest BCUT2D eigenvalue weighted by atomic mass is 10.1. The third-order valence-corrected chi connectivity index (χ3v) is 4.77. The molecule has 0 radical (unpaired) electrons. The fourth-order valence-electron chi connectivity index (χ4n) is 2.49. The van der Waals surface area contributed by atoms with E-state index in [9.17, 15) is 9.90 Å². The Labute approximate surface area is 145 Å². The number of aliphatic hydroxyl groups is 1. The van der Waals surface area contributed by atoms with Crippen LogP contribution < -0.4 is 0 Å². The summed E-state index contributed by atoms with van der Waals surface area (Å²) in [6.45, 7) is 1.57. The molecular formula is C18H20N2O3S. The summed E-state index contributed by atoms with van der Waals surface area (Å²) < 4.78 is 5.26. The Kier molecular flexibility index (Phi) is 5.85. The van der Waals surface area contributed by atoms with E-state index in [1.54, 1.807) is 22.9 Å². The first kappa shape index (κ1) is 17.0. The Morgan fingerprint density at radius 3 is 2.88 bits per heavy atom. The van der Waals surface area contributed by atoms with Crippen LogP contribution in [0.2, 0.25) is 0 Å². The van der Waals surface area contributed by atoms with Gasteiger partial charge in [-0.05, 0) is 29.8 Å². The highest BCUT2D eigenvalue weighted by atomic mass is 32.2. The van der Waals surface area contributed by atoms with E-state index in [1.807, 2.05) is 42.5 Å². The summed E-state index contributed by atoms with van der Waals surface area (Å²) in [7, 11) is 0. The maximum absolute atomic E-state index is 12.5. The highest BCUT2D eigenvalue weighted by Gasteiger charge is 2.21. The van der Waals surface area contributed by atoms with E-state index in [0.29, 0.717) is 25.3 Å². The van der Waals surface area contributed by atoms with Crippen molar-refractivity contribution in [2.45, 2.75) is 16.9 Å². The second-order valence-corrected chi connectivity index (χ2v) is 6.63. The van der Waals surface area contributed by atoms with Crippen LogP contribution in [0.4, 0.5) is 0 Å². The standard InChI is InChI=1S/C18H20N2O3S/c21-16-11-20(9-10-23-12-16)18(22)15-6-4-14(5-7-15)13-24-17-3-1-2-8-19-17/h1-8,16,21H,9-13H2/t16-/m1/s1. The molecule has 2 aromatic rings. The van der Waals surface area contributed by atoms with Gasteiger partial charge in [0.2, 0.25) is 0 Å². The van der Waals surface area contributed by atoms with Crippen LogP contribution in [0.1, 0.15) is 15.9 Å². The smallest absolute Gasteiger partial charge is 0.254 e. The maximum Gasteiger partial charge on any atom is 0.254 e. The fraction of sp³-hybridized carbons (Fsp3) is 0.333. The molecule has 1 fully saturated rings. The highest BCUT2D eigenvalue weighted by Crippen LogP contribution is 2.20. The number of carbonyl (C=O) groups is 1. The number of ether oxygens (including phenoxy) is 1. The summed E-state index contributed by atoms with van der Waals surface area (Å²) in [5.74, 6) is 0.741. The number of hydrogen-bond donors (Lipinski definition) is 1. The van der Waals surface area contributed by atoms with Gasteiger partial charge in [-0.2, -0.15) is 0 Å². The zero-order chi connectivity index (χ0) is 16.8. The molecule has 1 N–H and O–H groups in total. The second-order valence-electron chi connectivity index (χ2n) is 5.63. The average Bonchev–Trinajstić information content (AvgIpc) is 2.85. The minimum absolute atomic E-state index is 0.0662. The van der Waals surface area contributed by atoms with Crippen LogP contribution in [0.15, 0.2) is 53.7 Å². The van der Waals surface area contributed by atoms with Crippen LogP contribution >= 0.6 is 11.8 Å². The van der Waals surface area contributed by atoms with Crippen molar-refractivity contribution in [1.82, 2.24) is 9.88 Å². The molecule has 1 saturated heterocycles. The van der Waals surface area contributed by atoms with Crippen molar-refractivity contribution in [3.8, 4) is 0 Å². The summed E-state index contributed by atoms with van der Waals surface area (Å²) >= 11 is 1.66. The van der Waals surface area contributed by atoms with E-state index < -0.39 is 6.10 Å². The number of thioether (sulfide) groups is 1. The van der Waals surface area contributed by atoms with E-state index in [1.165, 1.54) is 0 Å². The minimum atomic E-state index is -0.620. The maximum atomic E-state index is 12.5. The number of rotatable bonds is 4. The molecule has 0 spiro atoms. The number of benzene rings is 1. The Balaban J connectivity index is 1.60. The highest BCUT2D eigenvalue weighted by molar-refractivity contribution is 7.98. The van der Waals surface area contributed by atoms with Gasteiger partial charge < -0.3 is 14.7 Å². The molecule has 24 heavy (non-hydrogen) atoms. The van der Waals surface area contributed by atoms with E-state index in [2.05, 4.69) is 4.98 Å². The molecule has 6 heteroatoms. The molecule has 0 unspecified atom stereocenters. The summed E-state index contributed by atoms with van der Waals surface area (Å²) in [4.78, 5) is 18.5. The van der Waals surface area contributed by atoms with E-state index in [4.69, 9.17) is 4.74 Å². The number of β-amino-alcohol motifs (C(OH)–C–C–N with tert-alkyl or cyclic N) is 1. The Morgan fingerprint density at radius 1 is 1.29 bits per heavy atom. The molecular weight excluding hydrogens is 324 g/mol. The van der Waals surface area contributed by atoms with Gasteiger partial charge in [-0.3, -0.25) is 4.79 Å². The number of aromatic nitrogens is 1. The topological polar surface area (TPSA) is 62.7 Å². The number of aliphatic hydroxyl groups excluding tert-OH is 1.